The topological polar surface area (TPSA) is 87.8 Å². The molecule has 0 radical (unpaired) electrons. The Kier molecular flexibility index (Phi) is 5.61. The van der Waals surface area contributed by atoms with Gasteiger partial charge in [0.2, 0.25) is 0 Å². The van der Waals surface area contributed by atoms with Crippen LogP contribution in [-0.4, -0.2) is 15.6 Å². The number of rotatable bonds is 4. The Morgan fingerprint density at radius 1 is 1.17 bits per heavy atom. The van der Waals surface area contributed by atoms with Gasteiger partial charge in [0, 0.05) is 31.1 Å². The third-order valence-electron chi connectivity index (χ3n) is 4.73. The maximum atomic E-state index is 13.5. The zero-order chi connectivity index (χ0) is 21.4. The Balaban J connectivity index is 2.01. The molecule has 0 aliphatic carbocycles. The minimum absolute atomic E-state index is 0.219. The molecule has 4 aromatic rings. The summed E-state index contributed by atoms with van der Waals surface area (Å²) in [4.78, 5) is 13.5. The molecule has 0 fully saturated rings. The predicted octanol–water partition coefficient (Wildman–Crippen LogP) is 4.66. The first-order valence-electron chi connectivity index (χ1n) is 9.01. The van der Waals surface area contributed by atoms with Crippen molar-refractivity contribution in [3.8, 4) is 16.9 Å². The fourth-order valence-electron chi connectivity index (χ4n) is 3.25. The van der Waals surface area contributed by atoms with Gasteiger partial charge < -0.3 is 10.9 Å². The normalized spacial score (nSPS) is 10.9. The van der Waals surface area contributed by atoms with Crippen LogP contribution < -0.4 is 10.5 Å². The number of halogens is 2. The Labute approximate surface area is 195 Å². The molecular weight excluding hydrogens is 559 g/mol. The van der Waals surface area contributed by atoms with Gasteiger partial charge in [-0.1, -0.05) is 30.3 Å². The summed E-state index contributed by atoms with van der Waals surface area (Å²) < 4.78 is 3.43. The van der Waals surface area contributed by atoms with E-state index in [2.05, 4.69) is 43.6 Å². The van der Waals surface area contributed by atoms with E-state index in [0.29, 0.717) is 21.6 Å². The van der Waals surface area contributed by atoms with Crippen LogP contribution in [0, 0.1) is 15.7 Å². The van der Waals surface area contributed by atoms with Crippen molar-refractivity contribution in [2.24, 2.45) is 0 Å². The first-order chi connectivity index (χ1) is 14.4. The van der Waals surface area contributed by atoms with Gasteiger partial charge in [-0.25, -0.2) is 4.68 Å². The molecule has 6 nitrogen and oxygen atoms in total. The first-order valence-corrected chi connectivity index (χ1v) is 10.9. The van der Waals surface area contributed by atoms with Gasteiger partial charge in [-0.2, -0.15) is 9.83 Å². The van der Waals surface area contributed by atoms with Crippen LogP contribution in [0.3, 0.4) is 0 Å². The zero-order valence-electron chi connectivity index (χ0n) is 15.8. The average molecular weight is 575 g/mol. The lowest BCUT2D eigenvalue weighted by Crippen LogP contribution is -2.27. The molecule has 0 saturated heterocycles. The number of aryl methyl sites for hydroxylation is 1. The molecule has 2 aromatic carbocycles. The highest BCUT2D eigenvalue weighted by Crippen LogP contribution is 2.34. The summed E-state index contributed by atoms with van der Waals surface area (Å²) in [7, 11) is 0. The third kappa shape index (κ3) is 3.61. The van der Waals surface area contributed by atoms with Crippen molar-refractivity contribution in [1.29, 1.82) is 0 Å². The van der Waals surface area contributed by atoms with E-state index in [-0.39, 0.29) is 21.8 Å². The van der Waals surface area contributed by atoms with Crippen LogP contribution in [-0.2, 0) is 0 Å². The number of pyridine rings is 1. The molecule has 4 rings (SSSR count). The van der Waals surface area contributed by atoms with Crippen molar-refractivity contribution in [3.05, 3.63) is 96.9 Å². The van der Waals surface area contributed by atoms with Crippen LogP contribution in [0.25, 0.3) is 16.9 Å². The van der Waals surface area contributed by atoms with E-state index in [4.69, 9.17) is 5.73 Å². The molecule has 0 bridgehead atoms. The van der Waals surface area contributed by atoms with E-state index >= 15 is 0 Å². The second-order valence-electron chi connectivity index (χ2n) is 6.69. The van der Waals surface area contributed by atoms with Gasteiger partial charge in [0.15, 0.2) is 12.0 Å². The molecule has 2 N–H and O–H groups in total. The summed E-state index contributed by atoms with van der Waals surface area (Å²) >= 11 is 5.48. The van der Waals surface area contributed by atoms with Gasteiger partial charge in [-0.05, 0) is 59.3 Å². The number of ketones is 1. The lowest BCUT2D eigenvalue weighted by atomic mass is 10.00. The van der Waals surface area contributed by atoms with E-state index in [0.717, 1.165) is 14.8 Å². The highest BCUT2D eigenvalue weighted by molar-refractivity contribution is 14.1. The number of aromatic nitrogens is 3. The van der Waals surface area contributed by atoms with Crippen LogP contribution in [0.5, 0.6) is 0 Å². The summed E-state index contributed by atoms with van der Waals surface area (Å²) in [6.45, 7) is 1.95. The van der Waals surface area contributed by atoms with Gasteiger partial charge >= 0.3 is 0 Å². The van der Waals surface area contributed by atoms with Gasteiger partial charge in [0.1, 0.15) is 11.5 Å². The number of nitrogen functional groups attached to an aromatic ring is 1. The molecule has 0 amide bonds. The van der Waals surface area contributed by atoms with Crippen LogP contribution in [0.1, 0.15) is 21.5 Å². The van der Waals surface area contributed by atoms with E-state index in [9.17, 15) is 10.0 Å². The molecule has 0 saturated carbocycles. The monoisotopic (exact) mass is 574 g/mol. The number of hydrogen-bond acceptors (Lipinski definition) is 4. The second kappa shape index (κ2) is 8.19. The van der Waals surface area contributed by atoms with Gasteiger partial charge in [-0.3, -0.25) is 4.79 Å². The highest BCUT2D eigenvalue weighted by Gasteiger charge is 2.28. The summed E-state index contributed by atoms with van der Waals surface area (Å²) in [5.41, 5.74) is 9.79. The quantitative estimate of drug-likeness (QED) is 0.126. The molecule has 0 spiro atoms. The smallest absolute Gasteiger partial charge is 0.268 e. The number of carbonyl (C=O) groups is 1. The maximum Gasteiger partial charge on any atom is 0.268 e. The van der Waals surface area contributed by atoms with E-state index in [1.54, 1.807) is 28.9 Å². The second-order valence-corrected chi connectivity index (χ2v) is 8.68. The largest absolute Gasteiger partial charge is 0.618 e. The summed E-state index contributed by atoms with van der Waals surface area (Å²) in [5.74, 6) is -0.0367. The third-order valence-corrected chi connectivity index (χ3v) is 6.18. The molecule has 0 aliphatic rings. The highest BCUT2D eigenvalue weighted by atomic mass is 127. The maximum absolute atomic E-state index is 13.5. The Bertz CT molecular complexity index is 1290. The number of nitrogens with zero attached hydrogens (tertiary/aromatic N) is 3. The van der Waals surface area contributed by atoms with Crippen molar-refractivity contribution in [2.75, 3.05) is 5.73 Å². The minimum atomic E-state index is -0.256. The van der Waals surface area contributed by atoms with Crippen LogP contribution in [0.4, 0.5) is 5.82 Å². The zero-order valence-corrected chi connectivity index (χ0v) is 19.6. The van der Waals surface area contributed by atoms with Gasteiger partial charge in [0.05, 0.1) is 16.8 Å². The van der Waals surface area contributed by atoms with Crippen LogP contribution in [0.15, 0.2) is 71.5 Å². The van der Waals surface area contributed by atoms with Gasteiger partial charge in [-0.15, -0.1) is 0 Å². The number of anilines is 1. The van der Waals surface area contributed by atoms with Crippen LogP contribution in [0.2, 0.25) is 0 Å². The molecule has 2 heterocycles. The van der Waals surface area contributed by atoms with Crippen molar-refractivity contribution in [2.45, 2.75) is 6.92 Å². The Morgan fingerprint density at radius 3 is 2.67 bits per heavy atom. The molecule has 0 atom stereocenters. The minimum Gasteiger partial charge on any atom is -0.618 e. The van der Waals surface area contributed by atoms with E-state index in [1.165, 1.54) is 6.20 Å². The molecule has 0 unspecified atom stereocenters. The molecule has 0 aliphatic heterocycles. The van der Waals surface area contributed by atoms with E-state index < -0.39 is 0 Å². The molecular formula is C22H16BrIN4O2. The summed E-state index contributed by atoms with van der Waals surface area (Å²) in [6.07, 6.45) is 1.37. The lowest BCUT2D eigenvalue weighted by molar-refractivity contribution is -0.616. The number of para-hydroxylation sites is 1. The summed E-state index contributed by atoms with van der Waals surface area (Å²) in [5, 5.41) is 16.8. The predicted molar refractivity (Wildman–Crippen MR) is 127 cm³/mol. The average Bonchev–Trinajstić information content (AvgIpc) is 3.06. The fourth-order valence-corrected chi connectivity index (χ4v) is 4.23. The van der Waals surface area contributed by atoms with Crippen molar-refractivity contribution >= 4 is 50.1 Å². The van der Waals surface area contributed by atoms with Crippen molar-refractivity contribution in [3.63, 3.8) is 0 Å². The van der Waals surface area contributed by atoms with Crippen molar-refractivity contribution < 1.29 is 9.52 Å². The summed E-state index contributed by atoms with van der Waals surface area (Å²) in [6, 6.07) is 18.2. The van der Waals surface area contributed by atoms with E-state index in [1.807, 2.05) is 43.3 Å². The first kappa shape index (κ1) is 20.5. The molecule has 150 valence electrons. The van der Waals surface area contributed by atoms with Crippen molar-refractivity contribution in [1.82, 2.24) is 9.78 Å². The molecule has 2 aromatic heterocycles. The molecule has 30 heavy (non-hydrogen) atoms. The number of carbonyl (C=O) groups excluding carboxylic acids is 1. The number of nitrogens with two attached hydrogens (primary N) is 1. The molecule has 8 heteroatoms. The standard InChI is InChI=1S/C22H16BrIN4O2/c1-13-6-2-3-10-17(13)28-22(25)18(20(29)14-7-4-8-15(24)12-14)19(26-28)16-9-5-11-27(30)21(16)23/h2-12H,25H2,1H3. The lowest BCUT2D eigenvalue weighted by Gasteiger charge is -2.08. The van der Waals surface area contributed by atoms with Gasteiger partial charge in [0.25, 0.3) is 4.60 Å². The Morgan fingerprint density at radius 2 is 1.93 bits per heavy atom. The number of hydrogen-bond donors (Lipinski definition) is 1. The van der Waals surface area contributed by atoms with Crippen LogP contribution >= 0.6 is 38.5 Å². The fraction of sp³-hybridized carbons (Fsp3) is 0.0455. The Hall–Kier alpha value is -2.72. The SMILES string of the molecule is Cc1ccccc1-n1nc(-c2ccc[n+]([O-])c2Br)c(C(=O)c2cccc(I)c2)c1N. The number of benzene rings is 2.